The van der Waals surface area contributed by atoms with Gasteiger partial charge in [-0.2, -0.15) is 0 Å². The van der Waals surface area contributed by atoms with Crippen molar-refractivity contribution in [2.45, 2.75) is 18.8 Å². The minimum atomic E-state index is -2.82. The van der Waals surface area contributed by atoms with E-state index in [0.29, 0.717) is 6.42 Å². The highest BCUT2D eigenvalue weighted by Crippen LogP contribution is 2.12. The Labute approximate surface area is 76.1 Å². The minimum absolute atomic E-state index is 0.0239. The van der Waals surface area contributed by atoms with Crippen molar-refractivity contribution in [1.29, 1.82) is 0 Å². The van der Waals surface area contributed by atoms with E-state index in [1.54, 1.807) is 0 Å². The van der Waals surface area contributed by atoms with Crippen molar-refractivity contribution in [3.63, 3.8) is 0 Å². The fraction of sp³-hybridized carbons (Fsp3) is 0.833. The standard InChI is InChI=1S/C6H10N4O2S/c11-13(12)2-1-5(3-13)9-6-7-4-8-10-6/h4-6,9H,1-3H2/t5-,6+/m0/s1. The third kappa shape index (κ3) is 2.10. The first kappa shape index (κ1) is 8.76. The van der Waals surface area contributed by atoms with Crippen LogP contribution in [-0.2, 0) is 9.84 Å². The summed E-state index contributed by atoms with van der Waals surface area (Å²) in [5.41, 5.74) is 0. The molecule has 1 N–H and O–H groups in total. The topological polar surface area (TPSA) is 83.2 Å². The van der Waals surface area contributed by atoms with E-state index in [2.05, 4.69) is 20.5 Å². The molecule has 6 nitrogen and oxygen atoms in total. The van der Waals surface area contributed by atoms with Crippen LogP contribution < -0.4 is 5.32 Å². The molecular weight excluding hydrogens is 192 g/mol. The molecule has 2 aliphatic rings. The van der Waals surface area contributed by atoms with Crippen molar-refractivity contribution in [2.24, 2.45) is 15.2 Å². The summed E-state index contributed by atoms with van der Waals surface area (Å²) >= 11 is 0. The number of azo groups is 1. The Morgan fingerprint density at radius 1 is 1.46 bits per heavy atom. The van der Waals surface area contributed by atoms with Gasteiger partial charge in [-0.05, 0) is 6.42 Å². The first-order chi connectivity index (χ1) is 6.16. The molecule has 72 valence electrons. The predicted molar refractivity (Wildman–Crippen MR) is 47.3 cm³/mol. The van der Waals surface area contributed by atoms with Crippen LogP contribution in [0.1, 0.15) is 6.42 Å². The third-order valence-corrected chi connectivity index (χ3v) is 3.82. The number of nitrogens with one attached hydrogen (secondary N) is 1. The van der Waals surface area contributed by atoms with Crippen LogP contribution in [0.2, 0.25) is 0 Å². The second-order valence-electron chi connectivity index (χ2n) is 3.14. The quantitative estimate of drug-likeness (QED) is 0.657. The number of rotatable bonds is 2. The van der Waals surface area contributed by atoms with Crippen molar-refractivity contribution < 1.29 is 8.42 Å². The fourth-order valence-electron chi connectivity index (χ4n) is 1.43. The highest BCUT2D eigenvalue weighted by Gasteiger charge is 2.29. The molecule has 2 atom stereocenters. The van der Waals surface area contributed by atoms with E-state index in [1.807, 2.05) is 0 Å². The molecule has 0 aromatic carbocycles. The minimum Gasteiger partial charge on any atom is -0.272 e. The van der Waals surface area contributed by atoms with Gasteiger partial charge in [-0.25, -0.2) is 13.4 Å². The molecule has 2 rings (SSSR count). The van der Waals surface area contributed by atoms with Crippen LogP contribution in [0.4, 0.5) is 0 Å². The van der Waals surface area contributed by atoms with Crippen molar-refractivity contribution >= 4 is 16.2 Å². The van der Waals surface area contributed by atoms with Gasteiger partial charge in [-0.15, -0.1) is 10.2 Å². The monoisotopic (exact) mass is 202 g/mol. The lowest BCUT2D eigenvalue weighted by molar-refractivity contribution is 0.470. The number of aliphatic imine (C=N–C) groups is 1. The molecule has 0 aliphatic carbocycles. The van der Waals surface area contributed by atoms with Gasteiger partial charge in [-0.1, -0.05) is 0 Å². The Morgan fingerprint density at radius 2 is 2.31 bits per heavy atom. The predicted octanol–water partition coefficient (Wildman–Crippen LogP) is -0.459. The van der Waals surface area contributed by atoms with Crippen LogP contribution in [0, 0.1) is 0 Å². The summed E-state index contributed by atoms with van der Waals surface area (Å²) < 4.78 is 22.2. The molecular formula is C6H10N4O2S. The number of nitrogens with zero attached hydrogens (tertiary/aromatic N) is 3. The molecule has 0 unspecified atom stereocenters. The van der Waals surface area contributed by atoms with Crippen molar-refractivity contribution in [3.8, 4) is 0 Å². The first-order valence-corrected chi connectivity index (χ1v) is 5.86. The smallest absolute Gasteiger partial charge is 0.215 e. The summed E-state index contributed by atoms with van der Waals surface area (Å²) in [6, 6.07) is -0.0239. The van der Waals surface area contributed by atoms with Gasteiger partial charge >= 0.3 is 0 Å². The molecule has 7 heteroatoms. The molecule has 2 heterocycles. The van der Waals surface area contributed by atoms with E-state index in [-0.39, 0.29) is 23.8 Å². The Hall–Kier alpha value is -0.820. The fourth-order valence-corrected chi connectivity index (χ4v) is 3.12. The van der Waals surface area contributed by atoms with E-state index in [1.165, 1.54) is 6.34 Å². The molecule has 0 amide bonds. The second kappa shape index (κ2) is 3.15. The van der Waals surface area contributed by atoms with Crippen molar-refractivity contribution in [2.75, 3.05) is 11.5 Å². The number of hydrogen-bond acceptors (Lipinski definition) is 6. The number of hydrogen-bond donors (Lipinski definition) is 1. The summed E-state index contributed by atoms with van der Waals surface area (Å²) in [7, 11) is -2.82. The van der Waals surface area contributed by atoms with Crippen LogP contribution in [0.25, 0.3) is 0 Å². The van der Waals surface area contributed by atoms with E-state index < -0.39 is 9.84 Å². The first-order valence-electron chi connectivity index (χ1n) is 4.04. The molecule has 0 bridgehead atoms. The highest BCUT2D eigenvalue weighted by molar-refractivity contribution is 7.91. The maximum absolute atomic E-state index is 11.1. The van der Waals surface area contributed by atoms with Crippen LogP contribution in [0.5, 0.6) is 0 Å². The van der Waals surface area contributed by atoms with E-state index in [0.717, 1.165) is 0 Å². The van der Waals surface area contributed by atoms with E-state index >= 15 is 0 Å². The molecule has 2 aliphatic heterocycles. The average Bonchev–Trinajstić information content (AvgIpc) is 2.61. The SMILES string of the molecule is O=S1(=O)CC[C@H](N[C@H]2N=CN=N2)C1. The van der Waals surface area contributed by atoms with Gasteiger partial charge in [-0.3, -0.25) is 5.32 Å². The van der Waals surface area contributed by atoms with Gasteiger partial charge in [0.1, 0.15) is 6.34 Å². The Bertz CT molecular complexity index is 336. The molecule has 0 aromatic heterocycles. The maximum atomic E-state index is 11.1. The lowest BCUT2D eigenvalue weighted by Gasteiger charge is -2.11. The summed E-state index contributed by atoms with van der Waals surface area (Å²) in [4.78, 5) is 3.88. The zero-order valence-electron chi connectivity index (χ0n) is 6.92. The summed E-state index contributed by atoms with van der Waals surface area (Å²) in [6.07, 6.45) is 1.63. The van der Waals surface area contributed by atoms with Crippen molar-refractivity contribution in [3.05, 3.63) is 0 Å². The molecule has 0 spiro atoms. The molecule has 0 saturated carbocycles. The zero-order chi connectivity index (χ0) is 9.31. The molecule has 1 fully saturated rings. The van der Waals surface area contributed by atoms with Crippen LogP contribution in [0.3, 0.4) is 0 Å². The molecule has 0 aromatic rings. The third-order valence-electron chi connectivity index (χ3n) is 2.05. The molecule has 1 saturated heterocycles. The van der Waals surface area contributed by atoms with Gasteiger partial charge in [0.25, 0.3) is 0 Å². The average molecular weight is 202 g/mol. The Kier molecular flexibility index (Phi) is 2.12. The van der Waals surface area contributed by atoms with Gasteiger partial charge in [0.15, 0.2) is 9.84 Å². The van der Waals surface area contributed by atoms with Crippen LogP contribution in [-0.4, -0.2) is 38.6 Å². The molecule has 0 radical (unpaired) electrons. The Morgan fingerprint density at radius 3 is 2.85 bits per heavy atom. The largest absolute Gasteiger partial charge is 0.272 e. The van der Waals surface area contributed by atoms with Crippen LogP contribution >= 0.6 is 0 Å². The lowest BCUT2D eigenvalue weighted by atomic mass is 10.3. The van der Waals surface area contributed by atoms with Gasteiger partial charge in [0.2, 0.25) is 6.29 Å². The highest BCUT2D eigenvalue weighted by atomic mass is 32.2. The van der Waals surface area contributed by atoms with Gasteiger partial charge < -0.3 is 0 Å². The summed E-state index contributed by atoms with van der Waals surface area (Å²) in [5.74, 6) is 0.451. The van der Waals surface area contributed by atoms with Gasteiger partial charge in [0.05, 0.1) is 11.5 Å². The molecule has 13 heavy (non-hydrogen) atoms. The summed E-state index contributed by atoms with van der Waals surface area (Å²) in [5, 5.41) is 10.3. The van der Waals surface area contributed by atoms with Crippen LogP contribution in [0.15, 0.2) is 15.2 Å². The maximum Gasteiger partial charge on any atom is 0.215 e. The Balaban J connectivity index is 1.91. The zero-order valence-corrected chi connectivity index (χ0v) is 7.74. The van der Waals surface area contributed by atoms with E-state index in [9.17, 15) is 8.42 Å². The van der Waals surface area contributed by atoms with Gasteiger partial charge in [0, 0.05) is 6.04 Å². The summed E-state index contributed by atoms with van der Waals surface area (Å²) in [6.45, 7) is 0. The second-order valence-corrected chi connectivity index (χ2v) is 5.36. The number of sulfone groups is 1. The normalized spacial score (nSPS) is 35.7. The van der Waals surface area contributed by atoms with Crippen molar-refractivity contribution in [1.82, 2.24) is 5.32 Å². The van der Waals surface area contributed by atoms with E-state index in [4.69, 9.17) is 0 Å². The lowest BCUT2D eigenvalue weighted by Crippen LogP contribution is -2.36.